The van der Waals surface area contributed by atoms with E-state index >= 15 is 0 Å². The highest BCUT2D eigenvalue weighted by atomic mass is 16.4. The van der Waals surface area contributed by atoms with Gasteiger partial charge in [-0.15, -0.1) is 0 Å². The third-order valence-corrected chi connectivity index (χ3v) is 6.27. The standard InChI is InChI=1S/C24H32O4/c1-2-3-4-8-19(25)10-11-21-22-14-16(13-18(22)15-23(21)26)12-17-7-5-6-9-20(17)24(27)28/h5-7,9-11,13,18-19,21-23,25-26H,2-4,8,12,14-15H2,1H3,(H,27,28)/b11-10+/t18-,19-,21-,22-,23+/m0/s1. The van der Waals surface area contributed by atoms with Crippen molar-refractivity contribution in [2.45, 2.75) is 64.1 Å². The molecule has 1 aromatic carbocycles. The molecule has 4 heteroatoms. The highest BCUT2D eigenvalue weighted by Crippen LogP contribution is 2.48. The number of unbranched alkanes of at least 4 members (excludes halogenated alkanes) is 2. The Kier molecular flexibility index (Phi) is 7.08. The number of carbonyl (C=O) groups is 1. The number of benzene rings is 1. The highest BCUT2D eigenvalue weighted by molar-refractivity contribution is 5.89. The second-order valence-electron chi connectivity index (χ2n) is 8.32. The Balaban J connectivity index is 1.62. The minimum absolute atomic E-state index is 0.0642. The number of aliphatic hydroxyl groups excluding tert-OH is 2. The van der Waals surface area contributed by atoms with Gasteiger partial charge in [0.25, 0.3) is 0 Å². The molecule has 0 spiro atoms. The van der Waals surface area contributed by atoms with Gasteiger partial charge in [-0.1, -0.05) is 68.2 Å². The molecule has 1 aromatic rings. The quantitative estimate of drug-likeness (QED) is 0.436. The Hall–Kier alpha value is -1.91. The zero-order valence-electron chi connectivity index (χ0n) is 16.6. The van der Waals surface area contributed by atoms with Crippen LogP contribution in [0.5, 0.6) is 0 Å². The summed E-state index contributed by atoms with van der Waals surface area (Å²) in [6.45, 7) is 2.15. The van der Waals surface area contributed by atoms with Crippen molar-refractivity contribution >= 4 is 5.97 Å². The molecule has 4 nitrogen and oxygen atoms in total. The first-order valence-electron chi connectivity index (χ1n) is 10.5. The van der Waals surface area contributed by atoms with Crippen LogP contribution in [0.3, 0.4) is 0 Å². The van der Waals surface area contributed by atoms with Crippen LogP contribution in [0, 0.1) is 17.8 Å². The fourth-order valence-corrected chi connectivity index (χ4v) is 4.82. The van der Waals surface area contributed by atoms with Crippen molar-refractivity contribution in [3.63, 3.8) is 0 Å². The predicted octanol–water partition coefficient (Wildman–Crippen LogP) is 4.37. The Morgan fingerprint density at radius 3 is 2.82 bits per heavy atom. The molecule has 0 radical (unpaired) electrons. The fraction of sp³-hybridized carbons (Fsp3) is 0.542. The Labute approximate surface area is 167 Å². The Morgan fingerprint density at radius 1 is 1.29 bits per heavy atom. The van der Waals surface area contributed by atoms with E-state index in [4.69, 9.17) is 0 Å². The second kappa shape index (κ2) is 9.53. The number of allylic oxidation sites excluding steroid dienone is 2. The van der Waals surface area contributed by atoms with E-state index in [1.54, 1.807) is 12.1 Å². The van der Waals surface area contributed by atoms with Crippen LogP contribution in [0.2, 0.25) is 0 Å². The Morgan fingerprint density at radius 2 is 2.07 bits per heavy atom. The van der Waals surface area contributed by atoms with E-state index in [1.807, 2.05) is 24.3 Å². The molecule has 2 aliphatic rings. The molecule has 3 N–H and O–H groups in total. The van der Waals surface area contributed by atoms with Gasteiger partial charge >= 0.3 is 5.97 Å². The molecule has 0 saturated heterocycles. The lowest BCUT2D eigenvalue weighted by Gasteiger charge is -2.19. The average Bonchev–Trinajstić information content (AvgIpc) is 3.16. The average molecular weight is 385 g/mol. The molecule has 0 aromatic heterocycles. The molecule has 1 fully saturated rings. The van der Waals surface area contributed by atoms with Crippen molar-refractivity contribution in [3.05, 3.63) is 59.2 Å². The molecule has 0 heterocycles. The molecule has 28 heavy (non-hydrogen) atoms. The molecule has 0 amide bonds. The number of carboxylic acids is 1. The van der Waals surface area contributed by atoms with Gasteiger partial charge < -0.3 is 15.3 Å². The lowest BCUT2D eigenvalue weighted by molar-refractivity contribution is 0.0696. The summed E-state index contributed by atoms with van der Waals surface area (Å²) in [5, 5.41) is 30.0. The van der Waals surface area contributed by atoms with E-state index in [-0.39, 0.29) is 12.0 Å². The van der Waals surface area contributed by atoms with Gasteiger partial charge in [0.15, 0.2) is 0 Å². The monoisotopic (exact) mass is 384 g/mol. The molecule has 0 aliphatic heterocycles. The predicted molar refractivity (Wildman–Crippen MR) is 110 cm³/mol. The van der Waals surface area contributed by atoms with Crippen molar-refractivity contribution in [2.24, 2.45) is 17.8 Å². The molecule has 0 unspecified atom stereocenters. The van der Waals surface area contributed by atoms with Gasteiger partial charge in [-0.2, -0.15) is 0 Å². The smallest absolute Gasteiger partial charge is 0.335 e. The molecule has 152 valence electrons. The summed E-state index contributed by atoms with van der Waals surface area (Å²) < 4.78 is 0. The van der Waals surface area contributed by atoms with Crippen LogP contribution in [0.15, 0.2) is 48.1 Å². The van der Waals surface area contributed by atoms with Crippen LogP contribution in [-0.4, -0.2) is 33.5 Å². The van der Waals surface area contributed by atoms with Crippen LogP contribution in [-0.2, 0) is 6.42 Å². The summed E-state index contributed by atoms with van der Waals surface area (Å²) in [5.74, 6) is -0.132. The number of aliphatic hydroxyl groups is 2. The summed E-state index contributed by atoms with van der Waals surface area (Å²) in [7, 11) is 0. The van der Waals surface area contributed by atoms with Crippen LogP contribution < -0.4 is 0 Å². The summed E-state index contributed by atoms with van der Waals surface area (Å²) in [5.41, 5.74) is 2.48. The first-order chi connectivity index (χ1) is 13.5. The number of hydrogen-bond acceptors (Lipinski definition) is 3. The normalized spacial score (nSPS) is 27.8. The second-order valence-corrected chi connectivity index (χ2v) is 8.32. The van der Waals surface area contributed by atoms with Crippen LogP contribution in [0.4, 0.5) is 0 Å². The third kappa shape index (κ3) is 4.92. The maximum Gasteiger partial charge on any atom is 0.335 e. The molecule has 0 bridgehead atoms. The number of carboxylic acid groups (broad SMARTS) is 1. The van der Waals surface area contributed by atoms with Crippen LogP contribution >= 0.6 is 0 Å². The zero-order chi connectivity index (χ0) is 20.1. The Bertz CT molecular complexity index is 736. The van der Waals surface area contributed by atoms with Gasteiger partial charge in [0.05, 0.1) is 17.8 Å². The molecule has 3 rings (SSSR count). The fourth-order valence-electron chi connectivity index (χ4n) is 4.82. The number of fused-ring (bicyclic) bond motifs is 1. The topological polar surface area (TPSA) is 77.8 Å². The minimum Gasteiger partial charge on any atom is -0.478 e. The summed E-state index contributed by atoms with van der Waals surface area (Å²) in [4.78, 5) is 11.4. The van der Waals surface area contributed by atoms with Crippen LogP contribution in [0.1, 0.15) is 61.4 Å². The van der Waals surface area contributed by atoms with Gasteiger partial charge in [0.2, 0.25) is 0 Å². The maximum atomic E-state index is 11.4. The van der Waals surface area contributed by atoms with Gasteiger partial charge in [0.1, 0.15) is 0 Å². The van der Waals surface area contributed by atoms with E-state index in [2.05, 4.69) is 13.0 Å². The summed E-state index contributed by atoms with van der Waals surface area (Å²) in [6, 6.07) is 7.18. The molecule has 2 aliphatic carbocycles. The van der Waals surface area contributed by atoms with Crippen molar-refractivity contribution in [3.8, 4) is 0 Å². The molecule has 5 atom stereocenters. The van der Waals surface area contributed by atoms with E-state index in [1.165, 1.54) is 5.57 Å². The lowest BCUT2D eigenvalue weighted by atomic mass is 9.88. The highest BCUT2D eigenvalue weighted by Gasteiger charge is 2.43. The van der Waals surface area contributed by atoms with E-state index in [9.17, 15) is 20.1 Å². The van der Waals surface area contributed by atoms with E-state index in [0.717, 1.165) is 44.1 Å². The van der Waals surface area contributed by atoms with Gasteiger partial charge in [0, 0.05) is 5.92 Å². The molecule has 1 saturated carbocycles. The van der Waals surface area contributed by atoms with Gasteiger partial charge in [-0.25, -0.2) is 4.79 Å². The lowest BCUT2D eigenvalue weighted by Crippen LogP contribution is -2.18. The first kappa shape index (κ1) is 20.8. The third-order valence-electron chi connectivity index (χ3n) is 6.27. The van der Waals surface area contributed by atoms with Crippen molar-refractivity contribution in [1.29, 1.82) is 0 Å². The number of aromatic carboxylic acids is 1. The van der Waals surface area contributed by atoms with Crippen LogP contribution in [0.25, 0.3) is 0 Å². The summed E-state index contributed by atoms with van der Waals surface area (Å²) in [6.07, 6.45) is 11.7. The number of rotatable bonds is 9. The van der Waals surface area contributed by atoms with Crippen molar-refractivity contribution in [2.75, 3.05) is 0 Å². The summed E-state index contributed by atoms with van der Waals surface area (Å²) >= 11 is 0. The molecular formula is C24H32O4. The van der Waals surface area contributed by atoms with Crippen molar-refractivity contribution in [1.82, 2.24) is 0 Å². The first-order valence-corrected chi connectivity index (χ1v) is 10.5. The van der Waals surface area contributed by atoms with Gasteiger partial charge in [-0.3, -0.25) is 0 Å². The number of hydrogen-bond donors (Lipinski definition) is 3. The van der Waals surface area contributed by atoms with E-state index in [0.29, 0.717) is 23.8 Å². The SMILES string of the molecule is CCCCC[C@H](O)/C=C/[C@H]1[C@H]2CC(Cc3ccccc3C(=O)O)=C[C@H]2C[C@H]1O. The zero-order valence-corrected chi connectivity index (χ0v) is 16.6. The maximum absolute atomic E-state index is 11.4. The molecular weight excluding hydrogens is 352 g/mol. The van der Waals surface area contributed by atoms with Crippen molar-refractivity contribution < 1.29 is 20.1 Å². The van der Waals surface area contributed by atoms with Gasteiger partial charge in [-0.05, 0) is 49.1 Å². The van der Waals surface area contributed by atoms with E-state index < -0.39 is 12.1 Å². The largest absolute Gasteiger partial charge is 0.478 e. The minimum atomic E-state index is -0.886.